The monoisotopic (exact) mass is 224 g/mol. The van der Waals surface area contributed by atoms with Crippen LogP contribution in [0.25, 0.3) is 0 Å². The van der Waals surface area contributed by atoms with E-state index in [1.807, 2.05) is 11.9 Å². The highest BCUT2D eigenvalue weighted by Crippen LogP contribution is 2.29. The largest absolute Gasteiger partial charge is 0.345 e. The number of nitrogens with zero attached hydrogens (tertiary/aromatic N) is 1. The Labute approximate surface area is 98.6 Å². The van der Waals surface area contributed by atoms with E-state index in [0.29, 0.717) is 5.91 Å². The minimum Gasteiger partial charge on any atom is -0.345 e. The molecule has 2 fully saturated rings. The Hall–Kier alpha value is -0.570. The lowest BCUT2D eigenvalue weighted by Gasteiger charge is -2.23. The summed E-state index contributed by atoms with van der Waals surface area (Å²) in [6, 6.07) is 0. The van der Waals surface area contributed by atoms with Crippen LogP contribution >= 0.6 is 0 Å². The first-order valence-electron chi connectivity index (χ1n) is 6.70. The molecule has 0 bridgehead atoms. The van der Waals surface area contributed by atoms with Crippen molar-refractivity contribution in [3.8, 4) is 0 Å². The van der Waals surface area contributed by atoms with E-state index in [0.717, 1.165) is 44.3 Å². The van der Waals surface area contributed by atoms with Crippen molar-refractivity contribution in [1.29, 1.82) is 0 Å². The van der Waals surface area contributed by atoms with Crippen molar-refractivity contribution in [2.45, 2.75) is 38.5 Å². The highest BCUT2D eigenvalue weighted by Gasteiger charge is 2.25. The predicted molar refractivity (Wildman–Crippen MR) is 65.2 cm³/mol. The topological polar surface area (TPSA) is 32.3 Å². The lowest BCUT2D eigenvalue weighted by molar-refractivity contribution is -0.130. The summed E-state index contributed by atoms with van der Waals surface area (Å²) in [5.74, 6) is 1.88. The normalized spacial score (nSPS) is 25.4. The van der Waals surface area contributed by atoms with Crippen molar-refractivity contribution < 1.29 is 4.79 Å². The fourth-order valence-corrected chi connectivity index (χ4v) is 2.48. The second-order valence-corrected chi connectivity index (χ2v) is 5.47. The molecule has 1 atom stereocenters. The zero-order chi connectivity index (χ0) is 11.4. The Kier molecular flexibility index (Phi) is 4.22. The van der Waals surface area contributed by atoms with Gasteiger partial charge in [0.15, 0.2) is 0 Å². The minimum atomic E-state index is 0.345. The van der Waals surface area contributed by atoms with Gasteiger partial charge in [-0.3, -0.25) is 4.79 Å². The van der Waals surface area contributed by atoms with E-state index in [-0.39, 0.29) is 0 Å². The molecule has 2 aliphatic rings. The van der Waals surface area contributed by atoms with E-state index in [4.69, 9.17) is 0 Å². The van der Waals surface area contributed by atoms with Crippen LogP contribution in [0.2, 0.25) is 0 Å². The van der Waals surface area contributed by atoms with Crippen molar-refractivity contribution in [3.63, 3.8) is 0 Å². The van der Waals surface area contributed by atoms with Gasteiger partial charge < -0.3 is 10.2 Å². The first-order valence-corrected chi connectivity index (χ1v) is 6.70. The van der Waals surface area contributed by atoms with Crippen LogP contribution in [0.3, 0.4) is 0 Å². The fourth-order valence-electron chi connectivity index (χ4n) is 2.48. The molecule has 1 heterocycles. The van der Waals surface area contributed by atoms with Gasteiger partial charge in [-0.2, -0.15) is 0 Å². The predicted octanol–water partition coefficient (Wildman–Crippen LogP) is 1.63. The van der Waals surface area contributed by atoms with E-state index in [2.05, 4.69) is 5.32 Å². The molecule has 1 aliphatic heterocycles. The van der Waals surface area contributed by atoms with Crippen LogP contribution in [0.4, 0.5) is 0 Å². The smallest absolute Gasteiger partial charge is 0.222 e. The number of hydrogen-bond acceptors (Lipinski definition) is 2. The summed E-state index contributed by atoms with van der Waals surface area (Å²) in [5, 5.41) is 3.41. The minimum absolute atomic E-state index is 0.345. The highest BCUT2D eigenvalue weighted by molar-refractivity contribution is 5.75. The first kappa shape index (κ1) is 11.9. The molecule has 1 unspecified atom stereocenters. The number of piperidine rings is 1. The molecule has 1 saturated carbocycles. The second kappa shape index (κ2) is 5.67. The van der Waals surface area contributed by atoms with Gasteiger partial charge in [0.2, 0.25) is 5.91 Å². The molecular formula is C13H24N2O. The highest BCUT2D eigenvalue weighted by atomic mass is 16.2. The summed E-state index contributed by atoms with van der Waals surface area (Å²) in [7, 11) is 1.96. The third kappa shape index (κ3) is 3.78. The summed E-state index contributed by atoms with van der Waals surface area (Å²) < 4.78 is 0. The third-order valence-electron chi connectivity index (χ3n) is 3.82. The van der Waals surface area contributed by atoms with E-state index in [1.54, 1.807) is 0 Å². The Bertz CT molecular complexity index is 232. The van der Waals surface area contributed by atoms with Crippen molar-refractivity contribution in [2.75, 3.05) is 26.7 Å². The molecule has 0 aromatic heterocycles. The van der Waals surface area contributed by atoms with E-state index < -0.39 is 0 Å². The molecule has 3 nitrogen and oxygen atoms in total. The number of carbonyl (C=O) groups excluding carboxylic acids is 1. The van der Waals surface area contributed by atoms with Crippen LogP contribution in [0.1, 0.15) is 38.5 Å². The average Bonchev–Trinajstić information content (AvgIpc) is 3.11. The van der Waals surface area contributed by atoms with E-state index in [1.165, 1.54) is 25.7 Å². The Morgan fingerprint density at radius 3 is 2.75 bits per heavy atom. The van der Waals surface area contributed by atoms with E-state index in [9.17, 15) is 4.79 Å². The molecule has 0 radical (unpaired) electrons. The summed E-state index contributed by atoms with van der Waals surface area (Å²) in [6.45, 7) is 3.26. The third-order valence-corrected chi connectivity index (χ3v) is 3.82. The summed E-state index contributed by atoms with van der Waals surface area (Å²) >= 11 is 0. The maximum atomic E-state index is 11.9. The van der Waals surface area contributed by atoms with Crippen LogP contribution in [-0.2, 0) is 4.79 Å². The lowest BCUT2D eigenvalue weighted by atomic mass is 9.94. The Morgan fingerprint density at radius 2 is 2.12 bits per heavy atom. The molecule has 1 saturated heterocycles. The molecule has 0 aromatic rings. The summed E-state index contributed by atoms with van der Waals surface area (Å²) in [5.41, 5.74) is 0. The van der Waals surface area contributed by atoms with Gasteiger partial charge in [-0.05, 0) is 57.0 Å². The summed E-state index contributed by atoms with van der Waals surface area (Å²) in [4.78, 5) is 13.8. The van der Waals surface area contributed by atoms with Gasteiger partial charge in [0.05, 0.1) is 0 Å². The van der Waals surface area contributed by atoms with Gasteiger partial charge in [0.25, 0.3) is 0 Å². The number of nitrogens with one attached hydrogen (secondary N) is 1. The van der Waals surface area contributed by atoms with Gasteiger partial charge in [-0.15, -0.1) is 0 Å². The first-order chi connectivity index (χ1) is 7.75. The SMILES string of the molecule is CN(CC1CC1)C(=O)CCC1CCCNC1. The number of carbonyl (C=O) groups is 1. The van der Waals surface area contributed by atoms with Gasteiger partial charge in [0, 0.05) is 20.0 Å². The average molecular weight is 224 g/mol. The van der Waals surface area contributed by atoms with Crippen molar-refractivity contribution in [3.05, 3.63) is 0 Å². The van der Waals surface area contributed by atoms with Crippen LogP contribution < -0.4 is 5.32 Å². The molecule has 1 amide bonds. The molecular weight excluding hydrogens is 200 g/mol. The van der Waals surface area contributed by atoms with Crippen LogP contribution in [0, 0.1) is 11.8 Å². The molecule has 16 heavy (non-hydrogen) atoms. The molecule has 1 N–H and O–H groups in total. The van der Waals surface area contributed by atoms with Crippen LogP contribution in [0.5, 0.6) is 0 Å². The number of rotatable bonds is 5. The molecule has 0 spiro atoms. The Morgan fingerprint density at radius 1 is 1.31 bits per heavy atom. The van der Waals surface area contributed by atoms with Crippen molar-refractivity contribution in [1.82, 2.24) is 10.2 Å². The molecule has 1 aliphatic carbocycles. The van der Waals surface area contributed by atoms with Crippen molar-refractivity contribution in [2.24, 2.45) is 11.8 Å². The van der Waals surface area contributed by atoms with Crippen molar-refractivity contribution >= 4 is 5.91 Å². The van der Waals surface area contributed by atoms with Crippen LogP contribution in [-0.4, -0.2) is 37.5 Å². The number of hydrogen-bond donors (Lipinski definition) is 1. The molecule has 92 valence electrons. The zero-order valence-electron chi connectivity index (χ0n) is 10.4. The van der Waals surface area contributed by atoms with Gasteiger partial charge in [-0.25, -0.2) is 0 Å². The fraction of sp³-hybridized carbons (Fsp3) is 0.923. The Balaban J connectivity index is 1.61. The maximum absolute atomic E-state index is 11.9. The summed E-state index contributed by atoms with van der Waals surface area (Å²) in [6.07, 6.45) is 7.04. The zero-order valence-corrected chi connectivity index (χ0v) is 10.4. The maximum Gasteiger partial charge on any atom is 0.222 e. The molecule has 0 aromatic carbocycles. The quantitative estimate of drug-likeness (QED) is 0.770. The standard InChI is InChI=1S/C13H24N2O/c1-15(10-12-4-5-12)13(16)7-6-11-3-2-8-14-9-11/h11-12,14H,2-10H2,1H3. The number of amides is 1. The van der Waals surface area contributed by atoms with Gasteiger partial charge >= 0.3 is 0 Å². The van der Waals surface area contributed by atoms with E-state index >= 15 is 0 Å². The van der Waals surface area contributed by atoms with Gasteiger partial charge in [0.1, 0.15) is 0 Å². The lowest BCUT2D eigenvalue weighted by Crippen LogP contribution is -2.32. The molecule has 3 heteroatoms. The second-order valence-electron chi connectivity index (χ2n) is 5.47. The van der Waals surface area contributed by atoms with Crippen LogP contribution in [0.15, 0.2) is 0 Å². The van der Waals surface area contributed by atoms with Gasteiger partial charge in [-0.1, -0.05) is 0 Å². The molecule has 2 rings (SSSR count).